The molecule has 0 saturated carbocycles. The SMILES string of the molecule is CCOC(=O)CCCCCNC(=O)/C=C/c1ccc(C)cc1. The maximum Gasteiger partial charge on any atom is 0.305 e. The van der Waals surface area contributed by atoms with Crippen LogP contribution in [0, 0.1) is 6.92 Å². The molecule has 0 fully saturated rings. The first-order chi connectivity index (χ1) is 10.6. The van der Waals surface area contributed by atoms with Crippen molar-refractivity contribution >= 4 is 18.0 Å². The first-order valence-corrected chi connectivity index (χ1v) is 7.80. The lowest BCUT2D eigenvalue weighted by molar-refractivity contribution is -0.143. The molecular formula is C18H25NO3. The predicted octanol–water partition coefficient (Wildman–Crippen LogP) is 3.25. The van der Waals surface area contributed by atoms with Gasteiger partial charge in [0.2, 0.25) is 5.91 Å². The van der Waals surface area contributed by atoms with Crippen LogP contribution >= 0.6 is 0 Å². The van der Waals surface area contributed by atoms with E-state index in [-0.39, 0.29) is 11.9 Å². The number of carbonyl (C=O) groups is 2. The summed E-state index contributed by atoms with van der Waals surface area (Å²) >= 11 is 0. The average molecular weight is 303 g/mol. The quantitative estimate of drug-likeness (QED) is 0.433. The summed E-state index contributed by atoms with van der Waals surface area (Å²) in [5, 5.41) is 2.84. The van der Waals surface area contributed by atoms with Gasteiger partial charge in [-0.15, -0.1) is 0 Å². The zero-order valence-corrected chi connectivity index (χ0v) is 13.4. The van der Waals surface area contributed by atoms with Crippen molar-refractivity contribution in [3.63, 3.8) is 0 Å². The van der Waals surface area contributed by atoms with Crippen molar-refractivity contribution < 1.29 is 14.3 Å². The number of amides is 1. The number of hydrogen-bond donors (Lipinski definition) is 1. The third-order valence-electron chi connectivity index (χ3n) is 3.17. The highest BCUT2D eigenvalue weighted by Gasteiger charge is 2.01. The van der Waals surface area contributed by atoms with Crippen molar-refractivity contribution in [2.45, 2.75) is 39.5 Å². The number of hydrogen-bond acceptors (Lipinski definition) is 3. The monoisotopic (exact) mass is 303 g/mol. The van der Waals surface area contributed by atoms with Crippen molar-refractivity contribution in [2.75, 3.05) is 13.2 Å². The van der Waals surface area contributed by atoms with Gasteiger partial charge in [-0.3, -0.25) is 9.59 Å². The summed E-state index contributed by atoms with van der Waals surface area (Å²) in [6.45, 7) is 4.89. The topological polar surface area (TPSA) is 55.4 Å². The molecule has 1 aromatic carbocycles. The molecule has 1 aromatic rings. The Morgan fingerprint density at radius 3 is 2.55 bits per heavy atom. The van der Waals surface area contributed by atoms with Gasteiger partial charge in [0, 0.05) is 19.0 Å². The number of carbonyl (C=O) groups excluding carboxylic acids is 2. The molecule has 0 heterocycles. The molecule has 0 atom stereocenters. The van der Waals surface area contributed by atoms with Gasteiger partial charge in [-0.2, -0.15) is 0 Å². The van der Waals surface area contributed by atoms with Crippen LogP contribution < -0.4 is 5.32 Å². The third-order valence-corrected chi connectivity index (χ3v) is 3.17. The fraction of sp³-hybridized carbons (Fsp3) is 0.444. The maximum atomic E-state index is 11.6. The van der Waals surface area contributed by atoms with E-state index < -0.39 is 0 Å². The van der Waals surface area contributed by atoms with Gasteiger partial charge in [0.1, 0.15) is 0 Å². The summed E-state index contributed by atoms with van der Waals surface area (Å²) in [7, 11) is 0. The lowest BCUT2D eigenvalue weighted by Gasteiger charge is -2.03. The lowest BCUT2D eigenvalue weighted by Crippen LogP contribution is -2.22. The molecule has 1 rings (SSSR count). The molecule has 0 bridgehead atoms. The van der Waals surface area contributed by atoms with E-state index in [2.05, 4.69) is 5.32 Å². The van der Waals surface area contributed by atoms with E-state index in [1.54, 1.807) is 19.1 Å². The van der Waals surface area contributed by atoms with Gasteiger partial charge in [0.05, 0.1) is 6.61 Å². The van der Waals surface area contributed by atoms with Crippen LogP contribution in [0.2, 0.25) is 0 Å². The first kappa shape index (κ1) is 18.0. The molecule has 4 heteroatoms. The Hall–Kier alpha value is -2.10. The van der Waals surface area contributed by atoms with Crippen molar-refractivity contribution in [1.82, 2.24) is 5.32 Å². The molecule has 0 aliphatic rings. The highest BCUT2D eigenvalue weighted by atomic mass is 16.5. The van der Waals surface area contributed by atoms with Crippen LogP contribution in [0.25, 0.3) is 6.08 Å². The lowest BCUT2D eigenvalue weighted by atomic mass is 10.1. The third kappa shape index (κ3) is 8.25. The van der Waals surface area contributed by atoms with E-state index in [1.807, 2.05) is 31.2 Å². The normalized spacial score (nSPS) is 10.6. The molecule has 0 aliphatic heterocycles. The van der Waals surface area contributed by atoms with Crippen LogP contribution in [0.3, 0.4) is 0 Å². The Labute approximate surface area is 132 Å². The zero-order chi connectivity index (χ0) is 16.2. The van der Waals surface area contributed by atoms with Gasteiger partial charge < -0.3 is 10.1 Å². The highest BCUT2D eigenvalue weighted by Crippen LogP contribution is 2.05. The Morgan fingerprint density at radius 2 is 1.86 bits per heavy atom. The van der Waals surface area contributed by atoms with Gasteiger partial charge in [0.15, 0.2) is 0 Å². The van der Waals surface area contributed by atoms with Gasteiger partial charge in [-0.1, -0.05) is 36.2 Å². The van der Waals surface area contributed by atoms with Gasteiger partial charge in [-0.25, -0.2) is 0 Å². The van der Waals surface area contributed by atoms with E-state index in [9.17, 15) is 9.59 Å². The second-order valence-electron chi connectivity index (χ2n) is 5.15. The highest BCUT2D eigenvalue weighted by molar-refractivity contribution is 5.91. The van der Waals surface area contributed by atoms with Crippen LogP contribution in [-0.2, 0) is 14.3 Å². The Morgan fingerprint density at radius 1 is 1.14 bits per heavy atom. The Bertz CT molecular complexity index is 492. The number of nitrogens with one attached hydrogen (secondary N) is 1. The molecule has 0 aliphatic carbocycles. The summed E-state index contributed by atoms with van der Waals surface area (Å²) in [5.41, 5.74) is 2.21. The molecule has 0 radical (unpaired) electrons. The molecule has 0 unspecified atom stereocenters. The molecule has 120 valence electrons. The minimum atomic E-state index is -0.146. The standard InChI is InChI=1S/C18H25NO3/c1-3-22-18(21)7-5-4-6-14-19-17(20)13-12-16-10-8-15(2)9-11-16/h8-13H,3-7,14H2,1-2H3,(H,19,20)/b13-12+. The molecule has 4 nitrogen and oxygen atoms in total. The molecule has 22 heavy (non-hydrogen) atoms. The molecule has 1 amide bonds. The number of esters is 1. The second kappa shape index (κ2) is 10.6. The van der Waals surface area contributed by atoms with E-state index in [4.69, 9.17) is 4.74 Å². The van der Waals surface area contributed by atoms with Crippen molar-refractivity contribution in [1.29, 1.82) is 0 Å². The van der Waals surface area contributed by atoms with Gasteiger partial charge >= 0.3 is 5.97 Å². The minimum absolute atomic E-state index is 0.0917. The molecule has 1 N–H and O–H groups in total. The first-order valence-electron chi connectivity index (χ1n) is 7.80. The van der Waals surface area contributed by atoms with E-state index in [0.29, 0.717) is 19.6 Å². The summed E-state index contributed by atoms with van der Waals surface area (Å²) < 4.78 is 4.85. The van der Waals surface area contributed by atoms with E-state index in [1.165, 1.54) is 5.56 Å². The number of ether oxygens (including phenoxy) is 1. The van der Waals surface area contributed by atoms with E-state index in [0.717, 1.165) is 24.8 Å². The fourth-order valence-electron chi connectivity index (χ4n) is 1.92. The zero-order valence-electron chi connectivity index (χ0n) is 13.4. The van der Waals surface area contributed by atoms with Crippen LogP contribution in [0.15, 0.2) is 30.3 Å². The molecular weight excluding hydrogens is 278 g/mol. The van der Waals surface area contributed by atoms with E-state index >= 15 is 0 Å². The fourth-order valence-corrected chi connectivity index (χ4v) is 1.92. The molecule has 0 saturated heterocycles. The Kier molecular flexibility index (Phi) is 8.65. The summed E-state index contributed by atoms with van der Waals surface area (Å²) in [6.07, 6.45) is 6.37. The Balaban J connectivity index is 2.11. The number of rotatable bonds is 9. The summed E-state index contributed by atoms with van der Waals surface area (Å²) in [5.74, 6) is -0.237. The number of aryl methyl sites for hydroxylation is 1. The number of unbranched alkanes of at least 4 members (excludes halogenated alkanes) is 2. The maximum absolute atomic E-state index is 11.6. The van der Waals surface area contributed by atoms with Crippen LogP contribution in [0.4, 0.5) is 0 Å². The van der Waals surface area contributed by atoms with Crippen molar-refractivity contribution in [3.8, 4) is 0 Å². The van der Waals surface area contributed by atoms with Crippen LogP contribution in [0.1, 0.15) is 43.7 Å². The van der Waals surface area contributed by atoms with Gasteiger partial charge in [0.25, 0.3) is 0 Å². The minimum Gasteiger partial charge on any atom is -0.466 e. The number of benzene rings is 1. The molecule has 0 aromatic heterocycles. The van der Waals surface area contributed by atoms with Crippen molar-refractivity contribution in [2.24, 2.45) is 0 Å². The summed E-state index contributed by atoms with van der Waals surface area (Å²) in [4.78, 5) is 22.8. The smallest absolute Gasteiger partial charge is 0.305 e. The van der Waals surface area contributed by atoms with Crippen LogP contribution in [0.5, 0.6) is 0 Å². The van der Waals surface area contributed by atoms with Crippen molar-refractivity contribution in [3.05, 3.63) is 41.5 Å². The van der Waals surface area contributed by atoms with Gasteiger partial charge in [-0.05, 0) is 38.3 Å². The second-order valence-corrected chi connectivity index (χ2v) is 5.15. The van der Waals surface area contributed by atoms with Crippen LogP contribution in [-0.4, -0.2) is 25.0 Å². The predicted molar refractivity (Wildman–Crippen MR) is 88.3 cm³/mol. The average Bonchev–Trinajstić information content (AvgIpc) is 2.50. The largest absolute Gasteiger partial charge is 0.466 e. The molecule has 0 spiro atoms. The summed E-state index contributed by atoms with van der Waals surface area (Å²) in [6, 6.07) is 7.99.